The van der Waals surface area contributed by atoms with Gasteiger partial charge < -0.3 is 4.74 Å². The van der Waals surface area contributed by atoms with Crippen molar-refractivity contribution >= 4 is 43.8 Å². The van der Waals surface area contributed by atoms with Gasteiger partial charge in [0.05, 0.1) is 12.8 Å². The first-order valence-corrected chi connectivity index (χ1v) is 7.52. The summed E-state index contributed by atoms with van der Waals surface area (Å²) in [5.74, 6) is 0.712. The van der Waals surface area contributed by atoms with Crippen molar-refractivity contribution in [3.63, 3.8) is 0 Å². The van der Waals surface area contributed by atoms with Gasteiger partial charge in [-0.15, -0.1) is 0 Å². The van der Waals surface area contributed by atoms with Crippen molar-refractivity contribution in [2.24, 2.45) is 5.10 Å². The number of hydrogen-bond acceptors (Lipinski definition) is 4. The Labute approximate surface area is 136 Å². The third-order valence-corrected chi connectivity index (χ3v) is 3.85. The summed E-state index contributed by atoms with van der Waals surface area (Å²) in [6.45, 7) is 0. The number of allylic oxidation sites excluding steroid dienone is 4. The molecule has 0 amide bonds. The van der Waals surface area contributed by atoms with Gasteiger partial charge in [0.25, 0.3) is 0 Å². The third kappa shape index (κ3) is 2.80. The lowest BCUT2D eigenvalue weighted by Crippen LogP contribution is -2.13. The number of nitrogens with one attached hydrogen (secondary N) is 2. The molecule has 0 unspecified atom stereocenters. The van der Waals surface area contributed by atoms with Crippen molar-refractivity contribution in [2.45, 2.75) is 0 Å². The van der Waals surface area contributed by atoms with Crippen LogP contribution in [0.2, 0.25) is 0 Å². The molecule has 1 aliphatic rings. The largest absolute Gasteiger partial charge is 0.494 e. The summed E-state index contributed by atoms with van der Waals surface area (Å²) in [5, 5.41) is 14.4. The molecule has 2 aromatic carbocycles. The van der Waals surface area contributed by atoms with Crippen LogP contribution in [0, 0.1) is 5.41 Å². The van der Waals surface area contributed by atoms with Crippen LogP contribution < -0.4 is 10.2 Å². The van der Waals surface area contributed by atoms with Gasteiger partial charge in [0.2, 0.25) is 0 Å². The van der Waals surface area contributed by atoms with E-state index in [-0.39, 0.29) is 0 Å². The van der Waals surface area contributed by atoms with Gasteiger partial charge in [0.15, 0.2) is 0 Å². The topological polar surface area (TPSA) is 57.5 Å². The molecule has 110 valence electrons. The minimum Gasteiger partial charge on any atom is -0.494 e. The van der Waals surface area contributed by atoms with E-state index in [1.807, 2.05) is 42.5 Å². The van der Waals surface area contributed by atoms with Gasteiger partial charge in [-0.05, 0) is 29.7 Å². The molecule has 5 heteroatoms. The summed E-state index contributed by atoms with van der Waals surface area (Å²) in [5.41, 5.74) is 4.76. The monoisotopic (exact) mass is 355 g/mol. The highest BCUT2D eigenvalue weighted by molar-refractivity contribution is 9.11. The molecular formula is C17H14BrN3O. The van der Waals surface area contributed by atoms with Crippen molar-refractivity contribution in [3.05, 3.63) is 59.1 Å². The van der Waals surface area contributed by atoms with Gasteiger partial charge in [0.1, 0.15) is 17.1 Å². The van der Waals surface area contributed by atoms with Crippen molar-refractivity contribution in [3.8, 4) is 5.75 Å². The Morgan fingerprint density at radius 2 is 1.95 bits per heavy atom. The van der Waals surface area contributed by atoms with E-state index in [1.54, 1.807) is 19.3 Å². The van der Waals surface area contributed by atoms with Gasteiger partial charge in [0, 0.05) is 9.87 Å². The minimum atomic E-state index is 0.356. The molecule has 0 radical (unpaired) electrons. The zero-order chi connectivity index (χ0) is 15.5. The fourth-order valence-electron chi connectivity index (χ4n) is 2.25. The van der Waals surface area contributed by atoms with Crippen molar-refractivity contribution in [1.29, 1.82) is 5.41 Å². The number of ether oxygens (including phenoxy) is 1. The molecule has 0 heterocycles. The maximum Gasteiger partial charge on any atom is 0.144 e. The van der Waals surface area contributed by atoms with Crippen LogP contribution >= 0.6 is 15.9 Å². The summed E-state index contributed by atoms with van der Waals surface area (Å²) in [6.07, 6.45) is 5.32. The lowest BCUT2D eigenvalue weighted by Gasteiger charge is -2.12. The molecule has 1 aliphatic carbocycles. The van der Waals surface area contributed by atoms with Crippen LogP contribution in [-0.4, -0.2) is 18.5 Å². The van der Waals surface area contributed by atoms with Crippen LogP contribution in [0.4, 0.5) is 5.69 Å². The molecule has 2 aromatic rings. The second-order valence-corrected chi connectivity index (χ2v) is 5.66. The SMILES string of the molecule is COc1ccc2ccccc2c1N/N=C1/C=C(Br)C=CC1=N. The summed E-state index contributed by atoms with van der Waals surface area (Å²) in [6, 6.07) is 11.9. The maximum atomic E-state index is 7.91. The number of halogens is 1. The number of anilines is 1. The highest BCUT2D eigenvalue weighted by atomic mass is 79.9. The van der Waals surface area contributed by atoms with E-state index in [2.05, 4.69) is 26.5 Å². The van der Waals surface area contributed by atoms with Crippen LogP contribution in [0.1, 0.15) is 0 Å². The number of methoxy groups -OCH3 is 1. The maximum absolute atomic E-state index is 7.91. The number of hydrogen-bond donors (Lipinski definition) is 2. The Bertz CT molecular complexity index is 837. The first-order valence-electron chi connectivity index (χ1n) is 6.72. The first-order chi connectivity index (χ1) is 10.7. The molecule has 3 rings (SSSR count). The fraction of sp³-hybridized carbons (Fsp3) is 0.0588. The molecule has 22 heavy (non-hydrogen) atoms. The number of rotatable bonds is 3. The van der Waals surface area contributed by atoms with E-state index >= 15 is 0 Å². The predicted octanol–water partition coefficient (Wildman–Crippen LogP) is 4.48. The Hall–Kier alpha value is -2.40. The third-order valence-electron chi connectivity index (χ3n) is 3.36. The van der Waals surface area contributed by atoms with Gasteiger partial charge in [-0.3, -0.25) is 10.8 Å². The molecule has 2 N–H and O–H groups in total. The molecule has 0 aromatic heterocycles. The van der Waals surface area contributed by atoms with Crippen LogP contribution in [-0.2, 0) is 0 Å². The molecule has 0 bridgehead atoms. The van der Waals surface area contributed by atoms with E-state index in [1.165, 1.54) is 0 Å². The average molecular weight is 356 g/mol. The molecule has 0 saturated heterocycles. The van der Waals surface area contributed by atoms with Gasteiger partial charge in [-0.1, -0.05) is 46.3 Å². The van der Waals surface area contributed by atoms with E-state index in [4.69, 9.17) is 10.1 Å². The van der Waals surface area contributed by atoms with Crippen molar-refractivity contribution in [1.82, 2.24) is 0 Å². The fourth-order valence-corrected chi connectivity index (χ4v) is 2.60. The highest BCUT2D eigenvalue weighted by Crippen LogP contribution is 2.33. The van der Waals surface area contributed by atoms with Crippen LogP contribution in [0.15, 0.2) is 64.2 Å². The van der Waals surface area contributed by atoms with Crippen LogP contribution in [0.25, 0.3) is 10.8 Å². The second-order valence-electron chi connectivity index (χ2n) is 4.75. The van der Waals surface area contributed by atoms with Gasteiger partial charge >= 0.3 is 0 Å². The van der Waals surface area contributed by atoms with Gasteiger partial charge in [-0.25, -0.2) is 0 Å². The molecule has 0 atom stereocenters. The van der Waals surface area contributed by atoms with Crippen molar-refractivity contribution in [2.75, 3.05) is 12.5 Å². The molecule has 0 fully saturated rings. The zero-order valence-electron chi connectivity index (χ0n) is 11.9. The predicted molar refractivity (Wildman–Crippen MR) is 95.4 cm³/mol. The standard InChI is InChI=1S/C17H14BrN3O/c1-22-16-9-6-11-4-2-3-5-13(11)17(16)21-20-15-10-12(18)7-8-14(15)19/h2-10,19,21H,1H3/b19-14?,20-15-. The Morgan fingerprint density at radius 3 is 2.77 bits per heavy atom. The molecule has 0 aliphatic heterocycles. The van der Waals surface area contributed by atoms with E-state index in [9.17, 15) is 0 Å². The number of fused-ring (bicyclic) bond motifs is 1. The number of benzene rings is 2. The van der Waals surface area contributed by atoms with E-state index in [0.717, 1.165) is 20.9 Å². The first kappa shape index (κ1) is 14.5. The smallest absolute Gasteiger partial charge is 0.144 e. The normalized spacial score (nSPS) is 16.0. The highest BCUT2D eigenvalue weighted by Gasteiger charge is 2.10. The van der Waals surface area contributed by atoms with E-state index in [0.29, 0.717) is 17.2 Å². The summed E-state index contributed by atoms with van der Waals surface area (Å²) in [7, 11) is 1.63. The zero-order valence-corrected chi connectivity index (χ0v) is 13.5. The molecule has 0 spiro atoms. The van der Waals surface area contributed by atoms with Gasteiger partial charge in [-0.2, -0.15) is 5.10 Å². The van der Waals surface area contributed by atoms with Crippen LogP contribution in [0.5, 0.6) is 5.75 Å². The molecule has 4 nitrogen and oxygen atoms in total. The number of hydrazone groups is 1. The Kier molecular flexibility index (Phi) is 4.06. The van der Waals surface area contributed by atoms with Crippen molar-refractivity contribution < 1.29 is 4.74 Å². The summed E-state index contributed by atoms with van der Waals surface area (Å²) < 4.78 is 6.30. The Balaban J connectivity index is 2.03. The summed E-state index contributed by atoms with van der Waals surface area (Å²) in [4.78, 5) is 0. The minimum absolute atomic E-state index is 0.356. The second kappa shape index (κ2) is 6.15. The molecule has 0 saturated carbocycles. The Morgan fingerprint density at radius 1 is 1.14 bits per heavy atom. The van der Waals surface area contributed by atoms with Crippen LogP contribution in [0.3, 0.4) is 0 Å². The quantitative estimate of drug-likeness (QED) is 0.629. The lowest BCUT2D eigenvalue weighted by atomic mass is 10.1. The van der Waals surface area contributed by atoms with E-state index < -0.39 is 0 Å². The lowest BCUT2D eigenvalue weighted by molar-refractivity contribution is 0.417. The average Bonchev–Trinajstić information content (AvgIpc) is 2.55. The molecular weight excluding hydrogens is 342 g/mol. The summed E-state index contributed by atoms with van der Waals surface area (Å²) >= 11 is 3.39. The number of nitrogens with zero attached hydrogens (tertiary/aromatic N) is 1.